The fourth-order valence-electron chi connectivity index (χ4n) is 1.86. The van der Waals surface area contributed by atoms with Crippen LogP contribution in [-0.2, 0) is 10.8 Å². The minimum absolute atomic E-state index is 0.693. The molecule has 0 fully saturated rings. The van der Waals surface area contributed by atoms with Crippen molar-refractivity contribution in [2.75, 3.05) is 0 Å². The Kier molecular flexibility index (Phi) is 2.07. The van der Waals surface area contributed by atoms with Crippen molar-refractivity contribution >= 4 is 10.8 Å². The van der Waals surface area contributed by atoms with Crippen LogP contribution >= 0.6 is 0 Å². The van der Waals surface area contributed by atoms with Gasteiger partial charge in [-0.15, -0.1) is 0 Å². The van der Waals surface area contributed by atoms with Gasteiger partial charge in [0, 0.05) is 0 Å². The molecule has 80 valence electrons. The number of rotatable bonds is 0. The Morgan fingerprint density at radius 1 is 1.00 bits per heavy atom. The van der Waals surface area contributed by atoms with Crippen molar-refractivity contribution in [3.05, 3.63) is 48.0 Å². The predicted molar refractivity (Wildman–Crippen MR) is 62.4 cm³/mol. The molecule has 2 aromatic rings. The van der Waals surface area contributed by atoms with E-state index in [4.69, 9.17) is 4.74 Å². The third kappa shape index (κ3) is 1.28. The molecule has 1 heterocycles. The lowest BCUT2D eigenvalue weighted by Gasteiger charge is -2.20. The summed E-state index contributed by atoms with van der Waals surface area (Å²) < 4.78 is 18.1. The summed E-state index contributed by atoms with van der Waals surface area (Å²) in [6.07, 6.45) is 0. The molecular weight excluding hydrogens is 220 g/mol. The third-order valence-corrected chi connectivity index (χ3v) is 4.26. The number of aryl methyl sites for hydroxylation is 1. The van der Waals surface area contributed by atoms with E-state index in [1.165, 1.54) is 0 Å². The first-order valence-electron chi connectivity index (χ1n) is 5.05. The third-order valence-electron chi connectivity index (χ3n) is 2.63. The largest absolute Gasteiger partial charge is 0.455 e. The SMILES string of the molecule is Cc1cccc2c1[S@@](=O)c1ccccc1O2. The molecule has 0 amide bonds. The fourth-order valence-corrected chi connectivity index (χ4v) is 3.23. The number of hydrogen-bond acceptors (Lipinski definition) is 2. The zero-order valence-electron chi connectivity index (χ0n) is 8.77. The molecule has 0 aliphatic carbocycles. The van der Waals surface area contributed by atoms with Gasteiger partial charge in [0.15, 0.2) is 0 Å². The quantitative estimate of drug-likeness (QED) is 0.592. The van der Waals surface area contributed by atoms with Gasteiger partial charge in [0.1, 0.15) is 11.5 Å². The Labute approximate surface area is 96.3 Å². The van der Waals surface area contributed by atoms with Crippen LogP contribution in [0.25, 0.3) is 0 Å². The van der Waals surface area contributed by atoms with Crippen molar-refractivity contribution in [3.8, 4) is 11.5 Å². The molecule has 0 radical (unpaired) electrons. The lowest BCUT2D eigenvalue weighted by Crippen LogP contribution is -2.06. The Balaban J connectivity index is 2.27. The molecule has 16 heavy (non-hydrogen) atoms. The van der Waals surface area contributed by atoms with E-state index in [0.29, 0.717) is 11.5 Å². The molecule has 1 aliphatic heterocycles. The average Bonchev–Trinajstić information content (AvgIpc) is 2.29. The fraction of sp³-hybridized carbons (Fsp3) is 0.0769. The topological polar surface area (TPSA) is 26.3 Å². The molecule has 0 unspecified atom stereocenters. The van der Waals surface area contributed by atoms with Gasteiger partial charge in [-0.1, -0.05) is 24.3 Å². The van der Waals surface area contributed by atoms with Crippen LogP contribution in [0.15, 0.2) is 52.3 Å². The Hall–Kier alpha value is -1.61. The molecule has 0 saturated heterocycles. The van der Waals surface area contributed by atoms with E-state index in [-0.39, 0.29) is 0 Å². The van der Waals surface area contributed by atoms with Crippen LogP contribution in [0.1, 0.15) is 5.56 Å². The monoisotopic (exact) mass is 230 g/mol. The smallest absolute Gasteiger partial charge is 0.144 e. The van der Waals surface area contributed by atoms with Gasteiger partial charge in [0.25, 0.3) is 0 Å². The molecule has 0 saturated carbocycles. The Bertz CT molecular complexity index is 590. The van der Waals surface area contributed by atoms with E-state index in [0.717, 1.165) is 15.4 Å². The predicted octanol–water partition coefficient (Wildman–Crippen LogP) is 3.27. The van der Waals surface area contributed by atoms with Crippen LogP contribution in [0.5, 0.6) is 11.5 Å². The van der Waals surface area contributed by atoms with E-state index in [9.17, 15) is 4.21 Å². The molecular formula is C13H10O2S. The van der Waals surface area contributed by atoms with Crippen molar-refractivity contribution in [1.29, 1.82) is 0 Å². The molecule has 0 aromatic heterocycles. The van der Waals surface area contributed by atoms with E-state index < -0.39 is 10.8 Å². The van der Waals surface area contributed by atoms with Crippen LogP contribution in [0.4, 0.5) is 0 Å². The summed E-state index contributed by atoms with van der Waals surface area (Å²) in [5, 5.41) is 0. The summed E-state index contributed by atoms with van der Waals surface area (Å²) in [6, 6.07) is 13.2. The van der Waals surface area contributed by atoms with E-state index in [1.807, 2.05) is 49.4 Å². The Morgan fingerprint density at radius 2 is 1.75 bits per heavy atom. The maximum absolute atomic E-state index is 12.4. The molecule has 2 nitrogen and oxygen atoms in total. The summed E-state index contributed by atoms with van der Waals surface area (Å²) in [5.41, 5.74) is 1.00. The van der Waals surface area contributed by atoms with E-state index in [1.54, 1.807) is 0 Å². The van der Waals surface area contributed by atoms with Crippen molar-refractivity contribution < 1.29 is 8.95 Å². The lowest BCUT2D eigenvalue weighted by molar-refractivity contribution is 0.449. The number of para-hydroxylation sites is 1. The van der Waals surface area contributed by atoms with Crippen molar-refractivity contribution in [2.24, 2.45) is 0 Å². The van der Waals surface area contributed by atoms with Gasteiger partial charge in [0.05, 0.1) is 20.6 Å². The highest BCUT2D eigenvalue weighted by Crippen LogP contribution is 2.41. The first kappa shape index (κ1) is 9.60. The first-order valence-corrected chi connectivity index (χ1v) is 6.20. The van der Waals surface area contributed by atoms with Gasteiger partial charge in [-0.2, -0.15) is 0 Å². The standard InChI is InChI=1S/C13H10O2S/c1-9-5-4-7-11-13(9)16(14)12-8-3-2-6-10(12)15-11/h2-8H,1H3/t16-/m0/s1. The normalized spacial score (nSPS) is 17.2. The summed E-state index contributed by atoms with van der Waals surface area (Å²) >= 11 is 0. The second-order valence-corrected chi connectivity index (χ2v) is 5.11. The zero-order valence-corrected chi connectivity index (χ0v) is 9.58. The van der Waals surface area contributed by atoms with Crippen LogP contribution in [0.2, 0.25) is 0 Å². The van der Waals surface area contributed by atoms with Crippen LogP contribution < -0.4 is 4.74 Å². The van der Waals surface area contributed by atoms with Gasteiger partial charge in [-0.25, -0.2) is 4.21 Å². The summed E-state index contributed by atoms with van der Waals surface area (Å²) in [4.78, 5) is 1.55. The zero-order chi connectivity index (χ0) is 11.1. The van der Waals surface area contributed by atoms with Gasteiger partial charge in [-0.05, 0) is 30.7 Å². The molecule has 3 heteroatoms. The van der Waals surface area contributed by atoms with Gasteiger partial charge >= 0.3 is 0 Å². The van der Waals surface area contributed by atoms with Crippen LogP contribution in [-0.4, -0.2) is 4.21 Å². The van der Waals surface area contributed by atoms with Crippen LogP contribution in [0, 0.1) is 6.92 Å². The highest BCUT2D eigenvalue weighted by molar-refractivity contribution is 7.85. The van der Waals surface area contributed by atoms with Gasteiger partial charge in [-0.3, -0.25) is 0 Å². The molecule has 1 atom stereocenters. The highest BCUT2D eigenvalue weighted by atomic mass is 32.2. The molecule has 3 rings (SSSR count). The second kappa shape index (κ2) is 3.46. The maximum atomic E-state index is 12.4. The lowest BCUT2D eigenvalue weighted by atomic mass is 10.2. The minimum atomic E-state index is -1.13. The van der Waals surface area contributed by atoms with Crippen molar-refractivity contribution in [2.45, 2.75) is 16.7 Å². The Morgan fingerprint density at radius 3 is 2.62 bits per heavy atom. The summed E-state index contributed by atoms with van der Waals surface area (Å²) in [7, 11) is -1.13. The average molecular weight is 230 g/mol. The highest BCUT2D eigenvalue weighted by Gasteiger charge is 2.24. The number of ether oxygens (including phenoxy) is 1. The first-order chi connectivity index (χ1) is 7.77. The molecule has 0 bridgehead atoms. The van der Waals surface area contributed by atoms with Gasteiger partial charge < -0.3 is 4.74 Å². The summed E-state index contributed by atoms with van der Waals surface area (Å²) in [5.74, 6) is 1.40. The number of hydrogen-bond donors (Lipinski definition) is 0. The number of benzene rings is 2. The van der Waals surface area contributed by atoms with Crippen molar-refractivity contribution in [3.63, 3.8) is 0 Å². The van der Waals surface area contributed by atoms with Gasteiger partial charge in [0.2, 0.25) is 0 Å². The molecule has 2 aromatic carbocycles. The van der Waals surface area contributed by atoms with Crippen LogP contribution in [0.3, 0.4) is 0 Å². The second-order valence-electron chi connectivity index (χ2n) is 3.72. The summed E-state index contributed by atoms with van der Waals surface area (Å²) in [6.45, 7) is 1.95. The molecule has 1 aliphatic rings. The maximum Gasteiger partial charge on any atom is 0.144 e. The van der Waals surface area contributed by atoms with Crippen molar-refractivity contribution in [1.82, 2.24) is 0 Å². The van der Waals surface area contributed by atoms with E-state index in [2.05, 4.69) is 0 Å². The van der Waals surface area contributed by atoms with E-state index >= 15 is 0 Å². The minimum Gasteiger partial charge on any atom is -0.455 e. The number of fused-ring (bicyclic) bond motifs is 2. The molecule has 0 spiro atoms. The molecule has 0 N–H and O–H groups in total.